The van der Waals surface area contributed by atoms with Gasteiger partial charge in [-0.05, 0) is 12.8 Å². The van der Waals surface area contributed by atoms with Crippen molar-refractivity contribution in [1.29, 1.82) is 0 Å². The first-order valence-electron chi connectivity index (χ1n) is 7.65. The molecule has 2 aliphatic rings. The standard InChI is InChI=1S/C11H22Cl4N3O2P3/c1-3-5-7-11(8-6-4-2)9-19-22(14)16-21(12,13)17-23(15,18-22)20-10-11/h3-10H2,1-2H3/t22-,23?/m0/s1. The zero-order valence-electron chi connectivity index (χ0n) is 13.2. The number of unbranched alkanes of at least 4 members (excludes halogenated alkanes) is 2. The van der Waals surface area contributed by atoms with Crippen molar-refractivity contribution in [3.8, 4) is 0 Å². The molecule has 2 atom stereocenters. The average molecular weight is 463 g/mol. The third-order valence-corrected chi connectivity index (χ3v) is 15.5. The van der Waals surface area contributed by atoms with Crippen LogP contribution < -0.4 is 0 Å². The minimum Gasteiger partial charge on any atom is -0.512 e. The van der Waals surface area contributed by atoms with Gasteiger partial charge in [-0.2, -0.15) is 4.52 Å². The second-order valence-corrected chi connectivity index (χ2v) is 17.4. The van der Waals surface area contributed by atoms with Crippen LogP contribution in [0.3, 0.4) is 0 Å². The first-order chi connectivity index (χ1) is 10.7. The van der Waals surface area contributed by atoms with Gasteiger partial charge in [0.2, 0.25) is 0 Å². The van der Waals surface area contributed by atoms with Gasteiger partial charge in [0.25, 0.3) is 0 Å². The van der Waals surface area contributed by atoms with Gasteiger partial charge in [-0.15, -0.1) is 0 Å². The maximum absolute atomic E-state index is 6.47. The van der Waals surface area contributed by atoms with Gasteiger partial charge in [-0.3, -0.25) is 0 Å². The van der Waals surface area contributed by atoms with E-state index in [0.717, 1.165) is 38.5 Å². The van der Waals surface area contributed by atoms with Gasteiger partial charge >= 0.3 is 7.14 Å². The Morgan fingerprint density at radius 1 is 1.09 bits per heavy atom. The molecule has 12 heteroatoms. The van der Waals surface area contributed by atoms with Crippen molar-refractivity contribution in [3.63, 3.8) is 0 Å². The van der Waals surface area contributed by atoms with Gasteiger partial charge in [-0.1, -0.05) is 82.3 Å². The molecule has 0 aromatic rings. The summed E-state index contributed by atoms with van der Waals surface area (Å²) in [6.45, 7) is 2.19. The highest BCUT2D eigenvalue weighted by Gasteiger charge is 2.50. The highest BCUT2D eigenvalue weighted by Crippen LogP contribution is 2.94. The van der Waals surface area contributed by atoms with Crippen molar-refractivity contribution in [2.75, 3.05) is 13.2 Å². The van der Waals surface area contributed by atoms with Crippen LogP contribution in [-0.4, -0.2) is 13.2 Å². The number of nitrogens with zero attached hydrogens (tertiary/aromatic N) is 3. The first-order valence-corrected chi connectivity index (χ1v) is 16.2. The van der Waals surface area contributed by atoms with E-state index in [1.54, 1.807) is 0 Å². The minimum atomic E-state index is -3.01. The van der Waals surface area contributed by atoms with Gasteiger partial charge in [0.1, 0.15) is 19.3 Å². The molecule has 2 rings (SSSR count). The summed E-state index contributed by atoms with van der Waals surface area (Å²) in [7, 11) is -3.01. The number of hydrogen-bond donors (Lipinski definition) is 0. The SMILES string of the molecule is CCCCC1(CCCC)CO[P@]2(Cl)=N[P+](Cl)(N=P(Cl)(Cl)[N-]2)OC1. The van der Waals surface area contributed by atoms with Crippen LogP contribution in [0.5, 0.6) is 0 Å². The highest BCUT2D eigenvalue weighted by molar-refractivity contribution is 8.24. The summed E-state index contributed by atoms with van der Waals surface area (Å²) in [5.41, 5.74) is -0.135. The van der Waals surface area contributed by atoms with E-state index < -0.39 is 19.8 Å². The third kappa shape index (κ3) is 5.96. The second kappa shape index (κ2) is 8.30. The molecule has 136 valence electrons. The molecule has 0 N–H and O–H groups in total. The quantitative estimate of drug-likeness (QED) is 0.369. The van der Waals surface area contributed by atoms with Crippen molar-refractivity contribution in [2.45, 2.75) is 52.4 Å². The van der Waals surface area contributed by atoms with Crippen LogP contribution in [0.25, 0.3) is 4.86 Å². The predicted octanol–water partition coefficient (Wildman–Crippen LogP) is 9.31. The molecule has 0 aliphatic carbocycles. The Kier molecular flexibility index (Phi) is 7.66. The molecule has 2 bridgehead atoms. The average Bonchev–Trinajstić information content (AvgIpc) is 2.42. The Balaban J connectivity index is 2.30. The molecule has 0 amide bonds. The predicted molar refractivity (Wildman–Crippen MR) is 106 cm³/mol. The Hall–Kier alpha value is 1.93. The topological polar surface area (TPSA) is 57.3 Å². The lowest BCUT2D eigenvalue weighted by molar-refractivity contribution is 0.0655. The maximum Gasteiger partial charge on any atom is 0.485 e. The van der Waals surface area contributed by atoms with E-state index in [1.807, 2.05) is 0 Å². The lowest BCUT2D eigenvalue weighted by Gasteiger charge is -2.42. The molecular weight excluding hydrogens is 441 g/mol. The van der Waals surface area contributed by atoms with Crippen LogP contribution in [0.1, 0.15) is 52.4 Å². The molecule has 0 radical (unpaired) electrons. The molecule has 2 aliphatic heterocycles. The van der Waals surface area contributed by atoms with Gasteiger partial charge < -0.3 is 9.38 Å². The lowest BCUT2D eigenvalue weighted by Crippen LogP contribution is -2.32. The second-order valence-electron chi connectivity index (χ2n) is 5.92. The van der Waals surface area contributed by atoms with Gasteiger partial charge in [0, 0.05) is 5.41 Å². The van der Waals surface area contributed by atoms with Crippen LogP contribution in [0.2, 0.25) is 0 Å². The molecule has 0 spiro atoms. The number of rotatable bonds is 6. The van der Waals surface area contributed by atoms with Crippen LogP contribution in [-0.2, 0) is 9.05 Å². The number of fused-ring (bicyclic) bond motifs is 1. The fourth-order valence-electron chi connectivity index (χ4n) is 2.56. The largest absolute Gasteiger partial charge is 0.512 e. The lowest BCUT2D eigenvalue weighted by atomic mass is 9.80. The van der Waals surface area contributed by atoms with Crippen molar-refractivity contribution in [3.05, 3.63) is 4.86 Å². The van der Waals surface area contributed by atoms with Crippen molar-refractivity contribution in [1.82, 2.24) is 0 Å². The van der Waals surface area contributed by atoms with E-state index in [0.29, 0.717) is 13.2 Å². The summed E-state index contributed by atoms with van der Waals surface area (Å²) in [4.78, 5) is 4.17. The van der Waals surface area contributed by atoms with Crippen LogP contribution in [0.15, 0.2) is 9.03 Å². The van der Waals surface area contributed by atoms with Crippen LogP contribution in [0.4, 0.5) is 0 Å². The monoisotopic (exact) mass is 461 g/mol. The van der Waals surface area contributed by atoms with Crippen LogP contribution >= 0.6 is 64.8 Å². The first kappa shape index (κ1) is 21.2. The summed E-state index contributed by atoms with van der Waals surface area (Å²) in [6.07, 6.45) is 6.36. The summed E-state index contributed by atoms with van der Waals surface area (Å²) >= 11 is 25.2. The Labute approximate surface area is 158 Å². The highest BCUT2D eigenvalue weighted by atomic mass is 35.9. The fraction of sp³-hybridized carbons (Fsp3) is 1.00. The third-order valence-electron chi connectivity index (χ3n) is 3.85. The molecule has 1 unspecified atom stereocenters. The summed E-state index contributed by atoms with van der Waals surface area (Å²) in [5, 5.41) is 0. The van der Waals surface area contributed by atoms with E-state index in [-0.39, 0.29) is 5.41 Å². The van der Waals surface area contributed by atoms with Crippen molar-refractivity contribution in [2.24, 2.45) is 14.4 Å². The van der Waals surface area contributed by atoms with Crippen LogP contribution in [0, 0.1) is 5.41 Å². The van der Waals surface area contributed by atoms with Gasteiger partial charge in [0.15, 0.2) is 11.2 Å². The zero-order valence-corrected chi connectivity index (χ0v) is 18.9. The Bertz CT molecular complexity index is 537. The minimum absolute atomic E-state index is 0.135. The Morgan fingerprint density at radius 3 is 2.26 bits per heavy atom. The van der Waals surface area contributed by atoms with E-state index in [4.69, 9.17) is 54.0 Å². The number of hydrogen-bond acceptors (Lipinski definition) is 4. The molecule has 0 fully saturated rings. The zero-order chi connectivity index (χ0) is 17.2. The summed E-state index contributed by atoms with van der Waals surface area (Å²) < 4.78 is 20.3. The van der Waals surface area contributed by atoms with E-state index in [2.05, 4.69) is 27.7 Å². The fourth-order valence-corrected chi connectivity index (χ4v) is 17.4. The molecule has 0 saturated carbocycles. The van der Waals surface area contributed by atoms with Crippen molar-refractivity contribution >= 4 is 64.8 Å². The molecule has 5 nitrogen and oxygen atoms in total. The Morgan fingerprint density at radius 2 is 1.70 bits per heavy atom. The number of halogens is 4. The molecule has 2 heterocycles. The van der Waals surface area contributed by atoms with Gasteiger partial charge in [-0.25, -0.2) is 0 Å². The van der Waals surface area contributed by atoms with Crippen molar-refractivity contribution < 1.29 is 9.05 Å². The molecule has 0 aromatic carbocycles. The normalized spacial score (nSPS) is 35.6. The smallest absolute Gasteiger partial charge is 0.485 e. The molecule has 0 saturated heterocycles. The molecule has 0 aromatic heterocycles. The van der Waals surface area contributed by atoms with Gasteiger partial charge in [0.05, 0.1) is 6.61 Å². The van der Waals surface area contributed by atoms with E-state index in [1.165, 1.54) is 0 Å². The summed E-state index contributed by atoms with van der Waals surface area (Å²) in [6, 6.07) is 0. The molecule has 23 heavy (non-hydrogen) atoms. The molecular formula is C11H22Cl4N3O2P3. The van der Waals surface area contributed by atoms with E-state index in [9.17, 15) is 0 Å². The summed E-state index contributed by atoms with van der Waals surface area (Å²) in [5.74, 6) is -2.99. The maximum atomic E-state index is 6.47. The van der Waals surface area contributed by atoms with E-state index >= 15 is 0 Å².